The minimum Gasteiger partial charge on any atom is -0.477 e. The molecule has 8 nitrogen and oxygen atoms in total. The van der Waals surface area contributed by atoms with Crippen molar-refractivity contribution in [2.75, 3.05) is 33.8 Å². The third-order valence-electron chi connectivity index (χ3n) is 5.83. The number of aryl methyl sites for hydroxylation is 2. The van der Waals surface area contributed by atoms with E-state index in [-0.39, 0.29) is 11.9 Å². The van der Waals surface area contributed by atoms with Crippen molar-refractivity contribution >= 4 is 10.2 Å². The quantitative estimate of drug-likeness (QED) is 0.616. The van der Waals surface area contributed by atoms with Gasteiger partial charge < -0.3 is 4.74 Å². The highest BCUT2D eigenvalue weighted by atomic mass is 32.2. The normalized spacial score (nSPS) is 19.0. The van der Waals surface area contributed by atoms with Crippen molar-refractivity contribution < 1.29 is 13.2 Å². The molecule has 1 saturated heterocycles. The number of pyridine rings is 1. The molecule has 0 amide bonds. The Kier molecular flexibility index (Phi) is 7.39. The lowest BCUT2D eigenvalue weighted by atomic mass is 9.90. The first kappa shape index (κ1) is 23.7. The van der Waals surface area contributed by atoms with E-state index < -0.39 is 10.2 Å². The molecule has 1 aliphatic heterocycles. The Balaban J connectivity index is 1.78. The molecule has 1 aliphatic rings. The number of nitrogens with zero attached hydrogens (tertiary/aromatic N) is 5. The fourth-order valence-electron chi connectivity index (χ4n) is 4.31. The molecule has 172 valence electrons. The molecule has 1 unspecified atom stereocenters. The first-order chi connectivity index (χ1) is 14.6. The number of likely N-dealkylation sites (tertiary alicyclic amines) is 1. The number of piperidine rings is 1. The average molecular weight is 450 g/mol. The van der Waals surface area contributed by atoms with Crippen LogP contribution in [0.3, 0.4) is 0 Å². The van der Waals surface area contributed by atoms with Crippen LogP contribution in [0.5, 0.6) is 5.88 Å². The van der Waals surface area contributed by atoms with Gasteiger partial charge in [0.1, 0.15) is 0 Å². The summed E-state index contributed by atoms with van der Waals surface area (Å²) in [5.41, 5.74) is 4.17. The zero-order chi connectivity index (χ0) is 22.8. The third kappa shape index (κ3) is 5.45. The van der Waals surface area contributed by atoms with Crippen LogP contribution in [0.25, 0.3) is 0 Å². The van der Waals surface area contributed by atoms with Gasteiger partial charge >= 0.3 is 10.2 Å². The Hall–Kier alpha value is -1.97. The summed E-state index contributed by atoms with van der Waals surface area (Å²) in [7, 11) is -0.756. The number of hydrogen-bond acceptors (Lipinski definition) is 6. The summed E-state index contributed by atoms with van der Waals surface area (Å²) in [5.74, 6) is 0.811. The molecule has 0 aliphatic carbocycles. The van der Waals surface area contributed by atoms with Crippen LogP contribution in [0.4, 0.5) is 0 Å². The van der Waals surface area contributed by atoms with Crippen molar-refractivity contribution in [2.24, 2.45) is 5.92 Å². The summed E-state index contributed by atoms with van der Waals surface area (Å²) < 4.78 is 33.1. The average Bonchev–Trinajstić information content (AvgIpc) is 3.11. The van der Waals surface area contributed by atoms with Gasteiger partial charge in [-0.05, 0) is 77.1 Å². The predicted molar refractivity (Wildman–Crippen MR) is 122 cm³/mol. The van der Waals surface area contributed by atoms with Crippen molar-refractivity contribution in [1.29, 1.82) is 0 Å². The minimum absolute atomic E-state index is 0.00142. The highest BCUT2D eigenvalue weighted by Gasteiger charge is 2.29. The van der Waals surface area contributed by atoms with Gasteiger partial charge in [-0.15, -0.1) is 4.09 Å². The van der Waals surface area contributed by atoms with Crippen molar-refractivity contribution in [3.05, 3.63) is 40.8 Å². The molecule has 3 rings (SSSR count). The lowest BCUT2D eigenvalue weighted by Crippen LogP contribution is -2.38. The molecular weight excluding hydrogens is 414 g/mol. The Morgan fingerprint density at radius 3 is 2.52 bits per heavy atom. The highest BCUT2D eigenvalue weighted by Crippen LogP contribution is 2.30. The first-order valence-corrected chi connectivity index (χ1v) is 12.4. The van der Waals surface area contributed by atoms with Gasteiger partial charge in [0, 0.05) is 38.1 Å². The second-order valence-corrected chi connectivity index (χ2v) is 10.6. The monoisotopic (exact) mass is 449 g/mol. The largest absolute Gasteiger partial charge is 0.477 e. The van der Waals surface area contributed by atoms with Gasteiger partial charge in [-0.25, -0.2) is 0 Å². The molecule has 0 saturated carbocycles. The molecule has 0 aromatic carbocycles. The van der Waals surface area contributed by atoms with Crippen LogP contribution >= 0.6 is 0 Å². The van der Waals surface area contributed by atoms with E-state index in [1.807, 2.05) is 20.8 Å². The molecule has 0 bridgehead atoms. The Morgan fingerprint density at radius 1 is 1.23 bits per heavy atom. The molecule has 2 aromatic heterocycles. The topological polar surface area (TPSA) is 80.6 Å². The van der Waals surface area contributed by atoms with Crippen molar-refractivity contribution in [3.8, 4) is 5.88 Å². The molecule has 0 spiro atoms. The molecule has 9 heteroatoms. The van der Waals surface area contributed by atoms with Crippen molar-refractivity contribution in [2.45, 2.75) is 53.0 Å². The number of hydrogen-bond donors (Lipinski definition) is 0. The smallest absolute Gasteiger partial charge is 0.325 e. The predicted octanol–water partition coefficient (Wildman–Crippen LogP) is 2.96. The van der Waals surface area contributed by atoms with Gasteiger partial charge in [0.05, 0.1) is 18.3 Å². The van der Waals surface area contributed by atoms with E-state index >= 15 is 0 Å². The summed E-state index contributed by atoms with van der Waals surface area (Å²) in [4.78, 5) is 6.89. The summed E-state index contributed by atoms with van der Waals surface area (Å²) in [5, 5.41) is 4.44. The van der Waals surface area contributed by atoms with Crippen LogP contribution in [0.2, 0.25) is 0 Å². The van der Waals surface area contributed by atoms with Gasteiger partial charge in [-0.1, -0.05) is 0 Å². The maximum atomic E-state index is 12.7. The van der Waals surface area contributed by atoms with Crippen molar-refractivity contribution in [1.82, 2.24) is 23.4 Å². The Morgan fingerprint density at radius 2 is 1.90 bits per heavy atom. The number of ether oxygens (including phenoxy) is 1. The molecule has 1 fully saturated rings. The molecule has 3 heterocycles. The minimum atomic E-state index is -3.74. The fourth-order valence-corrected chi connectivity index (χ4v) is 5.15. The lowest BCUT2D eigenvalue weighted by Gasteiger charge is -2.36. The maximum Gasteiger partial charge on any atom is 0.325 e. The Bertz CT molecular complexity index is 982. The fraction of sp³-hybridized carbons (Fsp3) is 0.636. The van der Waals surface area contributed by atoms with Crippen LogP contribution in [0.15, 0.2) is 18.2 Å². The van der Waals surface area contributed by atoms with Gasteiger partial charge in [-0.2, -0.15) is 17.8 Å². The summed E-state index contributed by atoms with van der Waals surface area (Å²) in [6, 6.07) is 6.12. The van der Waals surface area contributed by atoms with E-state index in [9.17, 15) is 8.42 Å². The number of aromatic nitrogens is 3. The van der Waals surface area contributed by atoms with E-state index in [4.69, 9.17) is 4.74 Å². The van der Waals surface area contributed by atoms with E-state index in [0.717, 1.165) is 45.7 Å². The van der Waals surface area contributed by atoms with Crippen LogP contribution in [0.1, 0.15) is 55.4 Å². The van der Waals surface area contributed by atoms with E-state index in [0.29, 0.717) is 18.2 Å². The summed E-state index contributed by atoms with van der Waals surface area (Å²) in [6.07, 6.45) is 3.34. The number of rotatable bonds is 8. The standard InChI is InChI=1S/C22H35N5O3S/c1-7-30-22-14-21(24-27(22)31(28,29)25(5)6)18(4)26-10-8-9-19(15-26)13-20-11-16(2)23-17(3)12-20/h11-12,14,18-19H,7-10,13,15H2,1-6H3/t18?,19-/m1/s1. The van der Waals surface area contributed by atoms with Gasteiger partial charge in [0.15, 0.2) is 0 Å². The second-order valence-electron chi connectivity index (χ2n) is 8.62. The highest BCUT2D eigenvalue weighted by molar-refractivity contribution is 7.87. The first-order valence-electron chi connectivity index (χ1n) is 11.0. The third-order valence-corrected chi connectivity index (χ3v) is 7.45. The molecule has 0 N–H and O–H groups in total. The second kappa shape index (κ2) is 9.67. The maximum absolute atomic E-state index is 12.7. The zero-order valence-corrected chi connectivity index (χ0v) is 20.3. The summed E-state index contributed by atoms with van der Waals surface area (Å²) >= 11 is 0. The SMILES string of the molecule is CCOc1cc(C(C)N2CCC[C@H](Cc3cc(C)nc(C)c3)C2)nn1S(=O)(=O)N(C)C. The zero-order valence-electron chi connectivity index (χ0n) is 19.5. The van der Waals surface area contributed by atoms with Crippen LogP contribution in [-0.4, -0.2) is 65.6 Å². The van der Waals surface area contributed by atoms with E-state index in [1.165, 1.54) is 26.1 Å². The van der Waals surface area contributed by atoms with Crippen LogP contribution < -0.4 is 4.74 Å². The molecule has 0 radical (unpaired) electrons. The lowest BCUT2D eigenvalue weighted by molar-refractivity contribution is 0.129. The van der Waals surface area contributed by atoms with E-state index in [2.05, 4.69) is 34.0 Å². The van der Waals surface area contributed by atoms with E-state index in [1.54, 1.807) is 6.07 Å². The summed E-state index contributed by atoms with van der Waals surface area (Å²) in [6.45, 7) is 10.3. The van der Waals surface area contributed by atoms with Crippen molar-refractivity contribution in [3.63, 3.8) is 0 Å². The van der Waals surface area contributed by atoms with Gasteiger partial charge in [-0.3, -0.25) is 9.88 Å². The molecular formula is C22H35N5O3S. The van der Waals surface area contributed by atoms with Crippen LogP contribution in [-0.2, 0) is 16.6 Å². The van der Waals surface area contributed by atoms with Gasteiger partial charge in [0.25, 0.3) is 0 Å². The molecule has 31 heavy (non-hydrogen) atoms. The molecule has 2 aromatic rings. The Labute approximate surface area is 186 Å². The van der Waals surface area contributed by atoms with Crippen LogP contribution in [0, 0.1) is 19.8 Å². The van der Waals surface area contributed by atoms with Gasteiger partial charge in [0.2, 0.25) is 5.88 Å². The molecule has 2 atom stereocenters.